The molecule has 0 atom stereocenters. The van der Waals surface area contributed by atoms with E-state index in [1.807, 2.05) is 24.4 Å². The van der Waals surface area contributed by atoms with Crippen LogP contribution in [0.3, 0.4) is 0 Å². The summed E-state index contributed by atoms with van der Waals surface area (Å²) < 4.78 is 33.7. The number of carbonyl (C=O) groups is 1. The van der Waals surface area contributed by atoms with E-state index in [0.29, 0.717) is 29.5 Å². The Labute approximate surface area is 180 Å². The molecule has 6 nitrogen and oxygen atoms in total. The molecule has 30 heavy (non-hydrogen) atoms. The Kier molecular flexibility index (Phi) is 5.78. The van der Waals surface area contributed by atoms with E-state index in [1.165, 1.54) is 23.5 Å². The Bertz CT molecular complexity index is 1140. The predicted octanol–water partition coefficient (Wildman–Crippen LogP) is 4.54. The summed E-state index contributed by atoms with van der Waals surface area (Å²) in [5.41, 5.74) is 2.20. The van der Waals surface area contributed by atoms with Crippen LogP contribution < -0.4 is 14.4 Å². The van der Waals surface area contributed by atoms with Crippen molar-refractivity contribution in [3.05, 3.63) is 70.4 Å². The van der Waals surface area contributed by atoms with Crippen LogP contribution in [0.15, 0.2) is 64.9 Å². The highest BCUT2D eigenvalue weighted by atomic mass is 32.2. The first-order valence-electron chi connectivity index (χ1n) is 9.72. The van der Waals surface area contributed by atoms with Crippen LogP contribution in [0.25, 0.3) is 0 Å². The van der Waals surface area contributed by atoms with Crippen molar-refractivity contribution >= 4 is 38.6 Å². The molecule has 0 fully saturated rings. The number of sulfonamides is 1. The van der Waals surface area contributed by atoms with E-state index in [4.69, 9.17) is 4.74 Å². The largest absolute Gasteiger partial charge is 0.494 e. The Hall–Kier alpha value is -2.84. The van der Waals surface area contributed by atoms with Gasteiger partial charge in [0.15, 0.2) is 0 Å². The molecule has 0 unspecified atom stereocenters. The third-order valence-corrected chi connectivity index (χ3v) is 7.07. The molecule has 1 aliphatic rings. The van der Waals surface area contributed by atoms with Gasteiger partial charge in [-0.2, -0.15) is 0 Å². The second kappa shape index (κ2) is 8.49. The molecule has 0 spiro atoms. The first kappa shape index (κ1) is 20.4. The lowest BCUT2D eigenvalue weighted by Crippen LogP contribution is -2.28. The summed E-state index contributed by atoms with van der Waals surface area (Å²) in [6, 6.07) is 15.3. The van der Waals surface area contributed by atoms with Gasteiger partial charge in [0.1, 0.15) is 5.75 Å². The van der Waals surface area contributed by atoms with Crippen LogP contribution in [-0.4, -0.2) is 27.5 Å². The lowest BCUT2D eigenvalue weighted by atomic mass is 10.1. The smallest absolute Gasteiger partial charge is 0.268 e. The van der Waals surface area contributed by atoms with E-state index in [0.717, 1.165) is 24.1 Å². The quantitative estimate of drug-likeness (QED) is 0.583. The van der Waals surface area contributed by atoms with E-state index < -0.39 is 10.0 Å². The summed E-state index contributed by atoms with van der Waals surface area (Å²) in [6.45, 7) is 3.18. The molecule has 1 amide bonds. The number of nitrogens with zero attached hydrogens (tertiary/aromatic N) is 1. The van der Waals surface area contributed by atoms with Gasteiger partial charge in [0, 0.05) is 12.2 Å². The van der Waals surface area contributed by atoms with Crippen molar-refractivity contribution in [2.45, 2.75) is 24.7 Å². The zero-order valence-electron chi connectivity index (χ0n) is 16.5. The van der Waals surface area contributed by atoms with Crippen LogP contribution in [-0.2, 0) is 16.4 Å². The van der Waals surface area contributed by atoms with Gasteiger partial charge in [0.25, 0.3) is 15.9 Å². The Morgan fingerprint density at radius 2 is 1.97 bits per heavy atom. The zero-order chi connectivity index (χ0) is 21.1. The molecule has 1 N–H and O–H groups in total. The molecule has 2 aromatic carbocycles. The van der Waals surface area contributed by atoms with Crippen LogP contribution in [0.1, 0.15) is 28.6 Å². The average Bonchev–Trinajstić information content (AvgIpc) is 3.42. The Morgan fingerprint density at radius 1 is 1.17 bits per heavy atom. The topological polar surface area (TPSA) is 75.7 Å². The number of ether oxygens (including phenoxy) is 1. The minimum Gasteiger partial charge on any atom is -0.494 e. The van der Waals surface area contributed by atoms with E-state index in [2.05, 4.69) is 4.72 Å². The summed E-state index contributed by atoms with van der Waals surface area (Å²) in [5.74, 6) is 0.572. The van der Waals surface area contributed by atoms with Gasteiger partial charge in [-0.15, -0.1) is 11.3 Å². The molecule has 0 saturated heterocycles. The number of rotatable bonds is 7. The van der Waals surface area contributed by atoms with Gasteiger partial charge in [0.2, 0.25) is 0 Å². The molecular formula is C22H22N2O4S2. The van der Waals surface area contributed by atoms with E-state index in [1.54, 1.807) is 35.2 Å². The van der Waals surface area contributed by atoms with E-state index >= 15 is 0 Å². The first-order valence-corrected chi connectivity index (χ1v) is 12.1. The molecule has 0 aliphatic carbocycles. The summed E-state index contributed by atoms with van der Waals surface area (Å²) in [5, 5.41) is 1.87. The van der Waals surface area contributed by atoms with Crippen LogP contribution in [0.2, 0.25) is 0 Å². The number of fused-ring (bicyclic) bond motifs is 1. The minimum atomic E-state index is -3.76. The summed E-state index contributed by atoms with van der Waals surface area (Å²) in [6.07, 6.45) is 1.63. The fourth-order valence-electron chi connectivity index (χ4n) is 3.34. The maximum Gasteiger partial charge on any atom is 0.268 e. The Balaban J connectivity index is 1.54. The molecule has 1 aliphatic heterocycles. The Morgan fingerprint density at radius 3 is 2.67 bits per heavy atom. The molecule has 156 valence electrons. The third kappa shape index (κ3) is 4.20. The van der Waals surface area contributed by atoms with Gasteiger partial charge in [-0.25, -0.2) is 8.42 Å². The summed E-state index contributed by atoms with van der Waals surface area (Å²) >= 11 is 1.40. The van der Waals surface area contributed by atoms with Crippen LogP contribution >= 0.6 is 11.3 Å². The third-order valence-electron chi connectivity index (χ3n) is 4.82. The second-order valence-corrected chi connectivity index (χ2v) is 9.58. The number of anilines is 2. The van der Waals surface area contributed by atoms with Gasteiger partial charge < -0.3 is 9.64 Å². The molecular weight excluding hydrogens is 420 g/mol. The molecule has 2 heterocycles. The highest BCUT2D eigenvalue weighted by Crippen LogP contribution is 2.33. The number of hydrogen-bond donors (Lipinski definition) is 1. The molecule has 0 saturated carbocycles. The van der Waals surface area contributed by atoms with Crippen molar-refractivity contribution in [1.82, 2.24) is 0 Å². The molecule has 1 aromatic heterocycles. The number of amides is 1. The predicted molar refractivity (Wildman–Crippen MR) is 119 cm³/mol. The number of benzene rings is 2. The van der Waals surface area contributed by atoms with Crippen LogP contribution in [0.5, 0.6) is 5.75 Å². The van der Waals surface area contributed by atoms with Gasteiger partial charge in [0.05, 0.1) is 22.1 Å². The number of hydrogen-bond acceptors (Lipinski definition) is 5. The minimum absolute atomic E-state index is 0.0635. The zero-order valence-corrected chi connectivity index (χ0v) is 18.1. The van der Waals surface area contributed by atoms with Gasteiger partial charge in [-0.1, -0.05) is 19.1 Å². The fraction of sp³-hybridized carbons (Fsp3) is 0.227. The lowest BCUT2D eigenvalue weighted by molar-refractivity contribution is 0.0993. The fourth-order valence-corrected chi connectivity index (χ4v) is 5.06. The maximum absolute atomic E-state index is 12.8. The van der Waals surface area contributed by atoms with Crippen molar-refractivity contribution in [1.29, 1.82) is 0 Å². The average molecular weight is 443 g/mol. The monoisotopic (exact) mass is 442 g/mol. The van der Waals surface area contributed by atoms with Crippen molar-refractivity contribution in [3.8, 4) is 5.75 Å². The van der Waals surface area contributed by atoms with Crippen LogP contribution in [0.4, 0.5) is 11.4 Å². The molecule has 0 bridgehead atoms. The highest BCUT2D eigenvalue weighted by molar-refractivity contribution is 7.92. The van der Waals surface area contributed by atoms with E-state index in [9.17, 15) is 13.2 Å². The van der Waals surface area contributed by atoms with Gasteiger partial charge in [-0.3, -0.25) is 9.52 Å². The number of nitrogens with one attached hydrogen (secondary N) is 1. The van der Waals surface area contributed by atoms with Crippen molar-refractivity contribution in [3.63, 3.8) is 0 Å². The molecule has 8 heteroatoms. The first-order chi connectivity index (χ1) is 14.5. The van der Waals surface area contributed by atoms with Crippen LogP contribution in [0, 0.1) is 0 Å². The highest BCUT2D eigenvalue weighted by Gasteiger charge is 2.27. The standard InChI is InChI=1S/C22H22N2O4S2/c1-2-13-28-18-7-9-19(10-8-18)30(26,27)23-17-6-5-16-11-12-24(20(16)15-17)22(25)21-4-3-14-29-21/h3-10,14-15,23H,2,11-13H2,1H3. The SMILES string of the molecule is CCCOc1ccc(S(=O)(=O)Nc2ccc3c(c2)N(C(=O)c2cccs2)CC3)cc1. The maximum atomic E-state index is 12.8. The molecule has 0 radical (unpaired) electrons. The molecule has 4 rings (SSSR count). The van der Waals surface area contributed by atoms with Crippen molar-refractivity contribution in [2.75, 3.05) is 22.8 Å². The second-order valence-electron chi connectivity index (χ2n) is 6.95. The van der Waals surface area contributed by atoms with E-state index in [-0.39, 0.29) is 10.8 Å². The number of carbonyl (C=O) groups excluding carboxylic acids is 1. The normalized spacial score (nSPS) is 13.2. The van der Waals surface area contributed by atoms with Gasteiger partial charge >= 0.3 is 0 Å². The van der Waals surface area contributed by atoms with Crippen molar-refractivity contribution < 1.29 is 17.9 Å². The lowest BCUT2D eigenvalue weighted by Gasteiger charge is -2.17. The number of thiophene rings is 1. The molecule has 3 aromatic rings. The van der Waals surface area contributed by atoms with Gasteiger partial charge in [-0.05, 0) is 66.2 Å². The summed E-state index contributed by atoms with van der Waals surface area (Å²) in [7, 11) is -3.76. The summed E-state index contributed by atoms with van der Waals surface area (Å²) in [4.78, 5) is 15.3. The van der Waals surface area contributed by atoms with Crippen molar-refractivity contribution in [2.24, 2.45) is 0 Å².